The monoisotopic (exact) mass is 292 g/mol. The molecule has 1 aromatic rings. The first-order chi connectivity index (χ1) is 10.1. The maximum Gasteiger partial charge on any atom is 0.315 e. The molecule has 1 heterocycles. The van der Waals surface area contributed by atoms with Crippen LogP contribution in [0.5, 0.6) is 0 Å². The molecule has 0 aliphatic carbocycles. The molecule has 6 heteroatoms. The van der Waals surface area contributed by atoms with Crippen molar-refractivity contribution in [1.82, 2.24) is 4.90 Å². The lowest BCUT2D eigenvalue weighted by Gasteiger charge is -2.23. The van der Waals surface area contributed by atoms with Crippen LogP contribution >= 0.6 is 0 Å². The van der Waals surface area contributed by atoms with E-state index in [9.17, 15) is 10.1 Å². The fraction of sp³-hybridized carbons (Fsp3) is 0.600. The summed E-state index contributed by atoms with van der Waals surface area (Å²) < 4.78 is 0. The molecule has 1 fully saturated rings. The van der Waals surface area contributed by atoms with Crippen molar-refractivity contribution in [2.75, 3.05) is 50.0 Å². The normalized spacial score (nSPS) is 15.1. The second-order valence-electron chi connectivity index (χ2n) is 5.43. The van der Waals surface area contributed by atoms with Gasteiger partial charge in [0, 0.05) is 26.7 Å². The lowest BCUT2D eigenvalue weighted by Crippen LogP contribution is -2.31. The Hall–Kier alpha value is -1.82. The Bertz CT molecular complexity index is 487. The highest BCUT2D eigenvalue weighted by Crippen LogP contribution is 2.34. The smallest absolute Gasteiger partial charge is 0.315 e. The van der Waals surface area contributed by atoms with E-state index in [4.69, 9.17) is 0 Å². The molecule has 1 aromatic carbocycles. The van der Waals surface area contributed by atoms with Crippen molar-refractivity contribution in [2.45, 2.75) is 19.8 Å². The first-order valence-electron chi connectivity index (χ1n) is 7.58. The largest absolute Gasteiger partial charge is 0.380 e. The van der Waals surface area contributed by atoms with E-state index in [0.29, 0.717) is 17.9 Å². The molecule has 1 aliphatic heterocycles. The molecular weight excluding hydrogens is 268 g/mol. The van der Waals surface area contributed by atoms with Gasteiger partial charge in [-0.1, -0.05) is 6.07 Å². The van der Waals surface area contributed by atoms with Gasteiger partial charge in [-0.3, -0.25) is 10.1 Å². The van der Waals surface area contributed by atoms with Crippen molar-refractivity contribution in [3.8, 4) is 0 Å². The number of para-hydroxylation sites is 1. The number of rotatable bonds is 7. The molecule has 1 N–H and O–H groups in total. The van der Waals surface area contributed by atoms with E-state index >= 15 is 0 Å². The number of hydrogen-bond acceptors (Lipinski definition) is 5. The Morgan fingerprint density at radius 3 is 2.71 bits per heavy atom. The van der Waals surface area contributed by atoms with Gasteiger partial charge in [-0.2, -0.15) is 0 Å². The van der Waals surface area contributed by atoms with Crippen LogP contribution in [0.2, 0.25) is 0 Å². The van der Waals surface area contributed by atoms with Crippen molar-refractivity contribution >= 4 is 17.1 Å². The van der Waals surface area contributed by atoms with E-state index in [0.717, 1.165) is 26.2 Å². The molecule has 0 unspecified atom stereocenters. The van der Waals surface area contributed by atoms with E-state index in [1.54, 1.807) is 6.07 Å². The SMILES string of the molecule is CCNc1cccc(N(C)CCN2CCCC2)c1[N+](=O)[O-]. The number of likely N-dealkylation sites (tertiary alicyclic amines) is 1. The second-order valence-corrected chi connectivity index (χ2v) is 5.43. The summed E-state index contributed by atoms with van der Waals surface area (Å²) in [5.74, 6) is 0. The van der Waals surface area contributed by atoms with Crippen molar-refractivity contribution in [1.29, 1.82) is 0 Å². The molecule has 2 rings (SSSR count). The van der Waals surface area contributed by atoms with Gasteiger partial charge in [0.2, 0.25) is 0 Å². The highest BCUT2D eigenvalue weighted by molar-refractivity contribution is 5.76. The molecular formula is C15H24N4O2. The third kappa shape index (κ3) is 3.85. The maximum atomic E-state index is 11.4. The predicted octanol–water partition coefficient (Wildman–Crippen LogP) is 2.56. The Morgan fingerprint density at radius 2 is 2.10 bits per heavy atom. The van der Waals surface area contributed by atoms with Crippen LogP contribution in [0.25, 0.3) is 0 Å². The van der Waals surface area contributed by atoms with Crippen LogP contribution in [0.4, 0.5) is 17.1 Å². The third-order valence-corrected chi connectivity index (χ3v) is 3.93. The van der Waals surface area contributed by atoms with E-state index in [1.165, 1.54) is 12.8 Å². The number of nitrogens with zero attached hydrogens (tertiary/aromatic N) is 3. The summed E-state index contributed by atoms with van der Waals surface area (Å²) in [5.41, 5.74) is 1.44. The first kappa shape index (κ1) is 15.6. The number of nitro groups is 1. The number of likely N-dealkylation sites (N-methyl/N-ethyl adjacent to an activating group) is 1. The van der Waals surface area contributed by atoms with Gasteiger partial charge >= 0.3 is 5.69 Å². The molecule has 0 spiro atoms. The molecule has 1 saturated heterocycles. The maximum absolute atomic E-state index is 11.4. The highest BCUT2D eigenvalue weighted by Gasteiger charge is 2.22. The van der Waals surface area contributed by atoms with Crippen LogP contribution < -0.4 is 10.2 Å². The molecule has 0 amide bonds. The zero-order chi connectivity index (χ0) is 15.2. The van der Waals surface area contributed by atoms with Gasteiger partial charge < -0.3 is 15.1 Å². The molecule has 6 nitrogen and oxygen atoms in total. The number of benzene rings is 1. The molecule has 116 valence electrons. The van der Waals surface area contributed by atoms with Gasteiger partial charge in [0.1, 0.15) is 11.4 Å². The van der Waals surface area contributed by atoms with E-state index in [2.05, 4.69) is 10.2 Å². The van der Waals surface area contributed by atoms with Crippen LogP contribution in [0.15, 0.2) is 18.2 Å². The molecule has 0 saturated carbocycles. The van der Waals surface area contributed by atoms with Gasteiger partial charge in [-0.15, -0.1) is 0 Å². The summed E-state index contributed by atoms with van der Waals surface area (Å²) in [6, 6.07) is 5.45. The molecule has 0 atom stereocenters. The van der Waals surface area contributed by atoms with Crippen molar-refractivity contribution in [2.24, 2.45) is 0 Å². The Balaban J connectivity index is 2.12. The summed E-state index contributed by atoms with van der Waals surface area (Å²) in [6.45, 7) is 6.66. The van der Waals surface area contributed by atoms with Crippen LogP contribution in [0, 0.1) is 10.1 Å². The first-order valence-corrected chi connectivity index (χ1v) is 7.58. The summed E-state index contributed by atoms with van der Waals surface area (Å²) in [7, 11) is 1.92. The van der Waals surface area contributed by atoms with Gasteiger partial charge in [-0.25, -0.2) is 0 Å². The molecule has 1 aliphatic rings. The van der Waals surface area contributed by atoms with Crippen LogP contribution in [0.1, 0.15) is 19.8 Å². The molecule has 0 radical (unpaired) electrons. The van der Waals surface area contributed by atoms with Gasteiger partial charge in [-0.05, 0) is 45.0 Å². The van der Waals surface area contributed by atoms with Crippen LogP contribution in [-0.4, -0.2) is 49.6 Å². The highest BCUT2D eigenvalue weighted by atomic mass is 16.6. The van der Waals surface area contributed by atoms with E-state index in [1.807, 2.05) is 31.0 Å². The Kier molecular flexibility index (Phi) is 5.38. The van der Waals surface area contributed by atoms with E-state index < -0.39 is 0 Å². The summed E-state index contributed by atoms with van der Waals surface area (Å²) >= 11 is 0. The number of nitrogens with one attached hydrogen (secondary N) is 1. The standard InChI is InChI=1S/C15H24N4O2/c1-3-16-13-7-6-8-14(15(13)19(20)21)17(2)11-12-18-9-4-5-10-18/h6-8,16H,3-5,9-12H2,1-2H3. The van der Waals surface area contributed by atoms with Crippen molar-refractivity contribution in [3.05, 3.63) is 28.3 Å². The van der Waals surface area contributed by atoms with Gasteiger partial charge in [0.05, 0.1) is 4.92 Å². The average Bonchev–Trinajstić information content (AvgIpc) is 2.98. The van der Waals surface area contributed by atoms with Crippen LogP contribution in [-0.2, 0) is 0 Å². The summed E-state index contributed by atoms with van der Waals surface area (Å²) in [5, 5.41) is 14.5. The van der Waals surface area contributed by atoms with Gasteiger partial charge in [0.15, 0.2) is 0 Å². The Labute approximate surface area is 125 Å². The lowest BCUT2D eigenvalue weighted by molar-refractivity contribution is -0.383. The topological polar surface area (TPSA) is 61.6 Å². The second kappa shape index (κ2) is 7.26. The average molecular weight is 292 g/mol. The van der Waals surface area contributed by atoms with Gasteiger partial charge in [0.25, 0.3) is 0 Å². The predicted molar refractivity (Wildman–Crippen MR) is 86.2 cm³/mol. The minimum Gasteiger partial charge on any atom is -0.380 e. The summed E-state index contributed by atoms with van der Waals surface area (Å²) in [6.07, 6.45) is 2.53. The molecule has 0 bridgehead atoms. The third-order valence-electron chi connectivity index (χ3n) is 3.93. The van der Waals surface area contributed by atoms with Crippen molar-refractivity contribution in [3.63, 3.8) is 0 Å². The summed E-state index contributed by atoms with van der Waals surface area (Å²) in [4.78, 5) is 15.5. The molecule has 21 heavy (non-hydrogen) atoms. The minimum absolute atomic E-state index is 0.170. The van der Waals surface area contributed by atoms with Crippen molar-refractivity contribution < 1.29 is 4.92 Å². The quantitative estimate of drug-likeness (QED) is 0.618. The van der Waals surface area contributed by atoms with Crippen LogP contribution in [0.3, 0.4) is 0 Å². The zero-order valence-corrected chi connectivity index (χ0v) is 12.8. The number of nitro benzene ring substituents is 1. The number of hydrogen-bond donors (Lipinski definition) is 1. The minimum atomic E-state index is -0.292. The fourth-order valence-corrected chi connectivity index (χ4v) is 2.78. The van der Waals surface area contributed by atoms with E-state index in [-0.39, 0.29) is 10.6 Å². The molecule has 0 aromatic heterocycles. The lowest BCUT2D eigenvalue weighted by atomic mass is 10.2. The fourth-order valence-electron chi connectivity index (χ4n) is 2.78. The zero-order valence-electron chi connectivity index (χ0n) is 12.8. The number of anilines is 2. The Morgan fingerprint density at radius 1 is 1.38 bits per heavy atom.